The Hall–Kier alpha value is -2.37. The van der Waals surface area contributed by atoms with Crippen molar-refractivity contribution in [3.8, 4) is 5.75 Å². The first-order valence-electron chi connectivity index (χ1n) is 6.13. The molecule has 0 aliphatic carbocycles. The Labute approximate surface area is 116 Å². The van der Waals surface area contributed by atoms with Crippen LogP contribution in [0.15, 0.2) is 24.3 Å². The van der Waals surface area contributed by atoms with Crippen LogP contribution in [0.3, 0.4) is 0 Å². The van der Waals surface area contributed by atoms with Gasteiger partial charge in [-0.15, -0.1) is 0 Å². The molecule has 1 rings (SSSR count). The van der Waals surface area contributed by atoms with Crippen molar-refractivity contribution in [3.05, 3.63) is 35.7 Å². The highest BCUT2D eigenvalue weighted by Crippen LogP contribution is 2.23. The first-order chi connectivity index (χ1) is 9.54. The van der Waals surface area contributed by atoms with Gasteiger partial charge in [-0.3, -0.25) is 4.79 Å². The number of halogens is 1. The zero-order valence-electron chi connectivity index (χ0n) is 11.1. The lowest BCUT2D eigenvalue weighted by atomic mass is 10.2. The molecule has 1 aromatic rings. The predicted octanol–water partition coefficient (Wildman–Crippen LogP) is 1.83. The predicted molar refractivity (Wildman–Crippen MR) is 71.9 cm³/mol. The maximum atomic E-state index is 13.6. The van der Waals surface area contributed by atoms with Crippen LogP contribution in [0, 0.1) is 5.82 Å². The first-order valence-corrected chi connectivity index (χ1v) is 6.13. The Morgan fingerprint density at radius 1 is 1.45 bits per heavy atom. The van der Waals surface area contributed by atoms with Crippen LogP contribution in [-0.2, 0) is 9.59 Å². The number of ether oxygens (including phenoxy) is 1. The molecule has 1 aromatic carbocycles. The molecule has 0 saturated carbocycles. The summed E-state index contributed by atoms with van der Waals surface area (Å²) in [6, 6.07) is 4.11. The molecule has 0 aromatic heterocycles. The van der Waals surface area contributed by atoms with E-state index in [1.807, 2.05) is 6.92 Å². The van der Waals surface area contributed by atoms with Gasteiger partial charge < -0.3 is 15.2 Å². The lowest BCUT2D eigenvalue weighted by molar-refractivity contribution is -0.131. The van der Waals surface area contributed by atoms with Gasteiger partial charge >= 0.3 is 5.97 Å². The number of aliphatic carboxylic acids is 1. The molecule has 0 spiro atoms. The third-order valence-corrected chi connectivity index (χ3v) is 2.32. The van der Waals surface area contributed by atoms with E-state index in [1.165, 1.54) is 24.3 Å². The van der Waals surface area contributed by atoms with Crippen molar-refractivity contribution >= 4 is 18.0 Å². The van der Waals surface area contributed by atoms with Gasteiger partial charge in [0, 0.05) is 18.2 Å². The van der Waals surface area contributed by atoms with E-state index in [9.17, 15) is 14.0 Å². The molecule has 2 N–H and O–H groups in total. The average Bonchev–Trinajstić information content (AvgIpc) is 2.41. The molecule has 5 nitrogen and oxygen atoms in total. The van der Waals surface area contributed by atoms with Crippen LogP contribution in [0.2, 0.25) is 0 Å². The van der Waals surface area contributed by atoms with Gasteiger partial charge in [0.15, 0.2) is 18.2 Å². The summed E-state index contributed by atoms with van der Waals surface area (Å²) < 4.78 is 18.8. The second-order valence-corrected chi connectivity index (χ2v) is 3.97. The van der Waals surface area contributed by atoms with Crippen LogP contribution in [0.25, 0.3) is 6.08 Å². The molecule has 6 heteroatoms. The largest absolute Gasteiger partial charge is 0.480 e. The molecule has 0 atom stereocenters. The Bertz CT molecular complexity index is 514. The standard InChI is InChI=1S/C14H16FNO4/c1-2-8-16-12(17)9-20-14-10(6-7-13(18)19)4-3-5-11(14)15/h3-7H,2,8-9H2,1H3,(H,16,17)(H,18,19)/b7-6+. The third kappa shape index (κ3) is 5.09. The van der Waals surface area contributed by atoms with Crippen molar-refractivity contribution in [1.29, 1.82) is 0 Å². The van der Waals surface area contributed by atoms with Crippen LogP contribution in [0.5, 0.6) is 5.75 Å². The van der Waals surface area contributed by atoms with E-state index in [4.69, 9.17) is 9.84 Å². The number of hydrogen-bond acceptors (Lipinski definition) is 3. The van der Waals surface area contributed by atoms with Crippen molar-refractivity contribution < 1.29 is 23.8 Å². The monoisotopic (exact) mass is 281 g/mol. The van der Waals surface area contributed by atoms with E-state index < -0.39 is 11.8 Å². The molecule has 20 heavy (non-hydrogen) atoms. The minimum atomic E-state index is -1.15. The number of carboxylic acid groups (broad SMARTS) is 1. The van der Waals surface area contributed by atoms with E-state index in [1.54, 1.807) is 0 Å². The number of benzene rings is 1. The number of para-hydroxylation sites is 1. The second kappa shape index (κ2) is 7.93. The highest BCUT2D eigenvalue weighted by atomic mass is 19.1. The van der Waals surface area contributed by atoms with E-state index in [0.29, 0.717) is 6.54 Å². The quantitative estimate of drug-likeness (QED) is 0.748. The molecule has 0 fully saturated rings. The zero-order chi connectivity index (χ0) is 15.0. The average molecular weight is 281 g/mol. The number of nitrogens with one attached hydrogen (secondary N) is 1. The van der Waals surface area contributed by atoms with Crippen LogP contribution in [-0.4, -0.2) is 30.1 Å². The number of carbonyl (C=O) groups excluding carboxylic acids is 1. The van der Waals surface area contributed by atoms with Gasteiger partial charge in [-0.25, -0.2) is 9.18 Å². The van der Waals surface area contributed by atoms with Gasteiger partial charge in [0.05, 0.1) is 0 Å². The number of carbonyl (C=O) groups is 2. The summed E-state index contributed by atoms with van der Waals surface area (Å²) >= 11 is 0. The molecule has 0 unspecified atom stereocenters. The van der Waals surface area contributed by atoms with Crippen molar-refractivity contribution in [2.75, 3.05) is 13.2 Å². The topological polar surface area (TPSA) is 75.6 Å². The Morgan fingerprint density at radius 3 is 2.85 bits per heavy atom. The fourth-order valence-corrected chi connectivity index (χ4v) is 1.42. The van der Waals surface area contributed by atoms with Crippen LogP contribution >= 0.6 is 0 Å². The molecular weight excluding hydrogens is 265 g/mol. The highest BCUT2D eigenvalue weighted by Gasteiger charge is 2.10. The third-order valence-electron chi connectivity index (χ3n) is 2.32. The van der Waals surface area contributed by atoms with Crippen LogP contribution in [0.4, 0.5) is 4.39 Å². The molecule has 0 heterocycles. The number of hydrogen-bond donors (Lipinski definition) is 2. The molecule has 108 valence electrons. The summed E-state index contributed by atoms with van der Waals surface area (Å²) in [5.41, 5.74) is 0.260. The Kier molecular flexibility index (Phi) is 6.22. The summed E-state index contributed by atoms with van der Waals surface area (Å²) in [6.45, 7) is 2.10. The fraction of sp³-hybridized carbons (Fsp3) is 0.286. The molecule has 0 bridgehead atoms. The molecule has 0 saturated heterocycles. The van der Waals surface area contributed by atoms with Crippen molar-refractivity contribution in [2.24, 2.45) is 0 Å². The summed E-state index contributed by atoms with van der Waals surface area (Å²) in [5.74, 6) is -2.30. The minimum Gasteiger partial charge on any atom is -0.480 e. The van der Waals surface area contributed by atoms with Crippen LogP contribution in [0.1, 0.15) is 18.9 Å². The first kappa shape index (κ1) is 15.7. The minimum absolute atomic E-state index is 0.142. The Balaban J connectivity index is 2.77. The number of rotatable bonds is 7. The number of carboxylic acids is 1. The van der Waals surface area contributed by atoms with E-state index in [-0.39, 0.29) is 23.8 Å². The lowest BCUT2D eigenvalue weighted by Crippen LogP contribution is -2.29. The lowest BCUT2D eigenvalue weighted by Gasteiger charge is -2.10. The van der Waals surface area contributed by atoms with Gasteiger partial charge in [0.2, 0.25) is 0 Å². The zero-order valence-corrected chi connectivity index (χ0v) is 11.1. The summed E-state index contributed by atoms with van der Waals surface area (Å²) in [7, 11) is 0. The van der Waals surface area contributed by atoms with Crippen molar-refractivity contribution in [2.45, 2.75) is 13.3 Å². The SMILES string of the molecule is CCCNC(=O)COc1c(F)cccc1/C=C/C(=O)O. The van der Waals surface area contributed by atoms with Gasteiger partial charge in [-0.2, -0.15) is 0 Å². The summed E-state index contributed by atoms with van der Waals surface area (Å²) in [4.78, 5) is 21.9. The van der Waals surface area contributed by atoms with Gasteiger partial charge in [0.25, 0.3) is 5.91 Å². The molecule has 0 aliphatic heterocycles. The maximum absolute atomic E-state index is 13.6. The van der Waals surface area contributed by atoms with E-state index in [0.717, 1.165) is 12.5 Å². The summed E-state index contributed by atoms with van der Waals surface area (Å²) in [6.07, 6.45) is 2.88. The molecule has 1 amide bonds. The maximum Gasteiger partial charge on any atom is 0.328 e. The van der Waals surface area contributed by atoms with Crippen LogP contribution < -0.4 is 10.1 Å². The van der Waals surface area contributed by atoms with E-state index >= 15 is 0 Å². The second-order valence-electron chi connectivity index (χ2n) is 3.97. The smallest absolute Gasteiger partial charge is 0.328 e. The fourth-order valence-electron chi connectivity index (χ4n) is 1.42. The van der Waals surface area contributed by atoms with Gasteiger partial charge in [-0.05, 0) is 18.6 Å². The van der Waals surface area contributed by atoms with Crippen molar-refractivity contribution in [3.63, 3.8) is 0 Å². The Morgan fingerprint density at radius 2 is 2.20 bits per heavy atom. The van der Waals surface area contributed by atoms with Gasteiger partial charge in [0.1, 0.15) is 0 Å². The molecule has 0 aliphatic rings. The van der Waals surface area contributed by atoms with Gasteiger partial charge in [-0.1, -0.05) is 19.1 Å². The summed E-state index contributed by atoms with van der Waals surface area (Å²) in [5, 5.41) is 11.2. The molecule has 0 radical (unpaired) electrons. The van der Waals surface area contributed by atoms with Crippen molar-refractivity contribution in [1.82, 2.24) is 5.32 Å². The van der Waals surface area contributed by atoms with E-state index in [2.05, 4.69) is 5.32 Å². The molecular formula is C14H16FNO4. The normalized spacial score (nSPS) is 10.5. The number of amides is 1. The highest BCUT2D eigenvalue weighted by molar-refractivity contribution is 5.86.